The highest BCUT2D eigenvalue weighted by atomic mass is 16.4. The molecule has 0 radical (unpaired) electrons. The van der Waals surface area contributed by atoms with Crippen LogP contribution in [-0.2, 0) is 4.79 Å². The Bertz CT molecular complexity index is 501. The summed E-state index contributed by atoms with van der Waals surface area (Å²) in [4.78, 5) is 14.2. The molecule has 96 valence electrons. The van der Waals surface area contributed by atoms with E-state index in [-0.39, 0.29) is 5.91 Å². The van der Waals surface area contributed by atoms with Crippen molar-refractivity contribution in [3.05, 3.63) is 29.8 Å². The van der Waals surface area contributed by atoms with Crippen LogP contribution in [0.5, 0.6) is 0 Å². The largest absolute Gasteiger partial charge is 0.411 e. The topological polar surface area (TPSA) is 52.9 Å². The highest BCUT2D eigenvalue weighted by Crippen LogP contribution is 2.30. The number of carbonyl (C=O) groups is 1. The third-order valence-corrected chi connectivity index (χ3v) is 3.09. The first-order chi connectivity index (χ1) is 8.45. The molecule has 0 aromatic heterocycles. The first-order valence-corrected chi connectivity index (χ1v) is 6.07. The Balaban J connectivity index is 2.46. The summed E-state index contributed by atoms with van der Waals surface area (Å²) in [5, 5.41) is 12.3. The zero-order valence-corrected chi connectivity index (χ0v) is 11.0. The number of hydrogen-bond donors (Lipinski definition) is 1. The van der Waals surface area contributed by atoms with Crippen molar-refractivity contribution in [2.45, 2.75) is 27.2 Å². The molecule has 1 amide bonds. The van der Waals surface area contributed by atoms with E-state index < -0.39 is 5.41 Å². The van der Waals surface area contributed by atoms with Crippen molar-refractivity contribution >= 4 is 17.3 Å². The molecule has 1 aliphatic heterocycles. The number of para-hydroxylation sites is 1. The van der Waals surface area contributed by atoms with Crippen molar-refractivity contribution in [3.8, 4) is 0 Å². The van der Waals surface area contributed by atoms with Crippen LogP contribution >= 0.6 is 0 Å². The van der Waals surface area contributed by atoms with E-state index in [0.717, 1.165) is 11.3 Å². The number of hydrogen-bond acceptors (Lipinski definition) is 3. The molecule has 1 aromatic carbocycles. The Morgan fingerprint density at radius 2 is 2.00 bits per heavy atom. The zero-order chi connectivity index (χ0) is 13.3. The first kappa shape index (κ1) is 12.6. The summed E-state index contributed by atoms with van der Waals surface area (Å²) < 4.78 is 0. The van der Waals surface area contributed by atoms with Crippen LogP contribution in [0.15, 0.2) is 29.4 Å². The van der Waals surface area contributed by atoms with E-state index >= 15 is 0 Å². The van der Waals surface area contributed by atoms with E-state index in [4.69, 9.17) is 5.21 Å². The van der Waals surface area contributed by atoms with Gasteiger partial charge < -0.3 is 10.1 Å². The van der Waals surface area contributed by atoms with Crippen molar-refractivity contribution in [1.29, 1.82) is 0 Å². The molecule has 2 rings (SSSR count). The quantitative estimate of drug-likeness (QED) is 0.565. The minimum atomic E-state index is -0.416. The van der Waals surface area contributed by atoms with Crippen molar-refractivity contribution < 1.29 is 10.0 Å². The average molecular weight is 246 g/mol. The van der Waals surface area contributed by atoms with Gasteiger partial charge in [-0.25, -0.2) is 0 Å². The maximum atomic E-state index is 12.4. The lowest BCUT2D eigenvalue weighted by atomic mass is 9.91. The van der Waals surface area contributed by atoms with Gasteiger partial charge in [0.25, 0.3) is 0 Å². The number of anilines is 1. The fourth-order valence-electron chi connectivity index (χ4n) is 2.15. The predicted molar refractivity (Wildman–Crippen MR) is 71.2 cm³/mol. The van der Waals surface area contributed by atoms with Gasteiger partial charge in [0.15, 0.2) is 0 Å². The summed E-state index contributed by atoms with van der Waals surface area (Å²) in [6.45, 7) is 6.29. The Morgan fingerprint density at radius 3 is 2.61 bits per heavy atom. The van der Waals surface area contributed by atoms with E-state index in [2.05, 4.69) is 5.16 Å². The van der Waals surface area contributed by atoms with Crippen LogP contribution in [-0.4, -0.2) is 23.4 Å². The van der Waals surface area contributed by atoms with Gasteiger partial charge in [-0.2, -0.15) is 0 Å². The van der Waals surface area contributed by atoms with Gasteiger partial charge in [-0.05, 0) is 6.07 Å². The molecule has 0 saturated carbocycles. The van der Waals surface area contributed by atoms with Gasteiger partial charge in [-0.1, -0.05) is 44.1 Å². The summed E-state index contributed by atoms with van der Waals surface area (Å²) in [6, 6.07) is 7.55. The number of carbonyl (C=O) groups excluding carboxylic acids is 1. The number of fused-ring (bicyclic) bond motifs is 1. The molecular formula is C14H18N2O2. The molecule has 0 fully saturated rings. The second-order valence-electron chi connectivity index (χ2n) is 5.52. The van der Waals surface area contributed by atoms with E-state index in [1.807, 2.05) is 45.0 Å². The fraction of sp³-hybridized carbons (Fsp3) is 0.429. The van der Waals surface area contributed by atoms with E-state index in [9.17, 15) is 4.79 Å². The van der Waals surface area contributed by atoms with Crippen molar-refractivity contribution in [3.63, 3.8) is 0 Å². The molecule has 1 N–H and O–H groups in total. The van der Waals surface area contributed by atoms with E-state index in [1.165, 1.54) is 0 Å². The number of amides is 1. The Hall–Kier alpha value is -1.84. The second-order valence-corrected chi connectivity index (χ2v) is 5.52. The maximum Gasteiger partial charge on any atom is 0.232 e. The predicted octanol–water partition coefficient (Wildman–Crippen LogP) is 2.65. The van der Waals surface area contributed by atoms with Crippen LogP contribution in [0.1, 0.15) is 32.8 Å². The highest BCUT2D eigenvalue weighted by Gasteiger charge is 2.32. The molecule has 0 unspecified atom stereocenters. The average Bonchev–Trinajstić information content (AvgIpc) is 2.35. The molecule has 1 aliphatic rings. The molecule has 0 bridgehead atoms. The molecule has 1 aromatic rings. The summed E-state index contributed by atoms with van der Waals surface area (Å²) >= 11 is 0. The number of benzene rings is 1. The zero-order valence-electron chi connectivity index (χ0n) is 11.0. The first-order valence-electron chi connectivity index (χ1n) is 6.07. The summed E-state index contributed by atoms with van der Waals surface area (Å²) in [5.74, 6) is 0.0898. The lowest BCUT2D eigenvalue weighted by Gasteiger charge is -2.34. The fourth-order valence-corrected chi connectivity index (χ4v) is 2.15. The van der Waals surface area contributed by atoms with Crippen LogP contribution in [0.25, 0.3) is 0 Å². The SMILES string of the molecule is CC(C)(C)C(=O)N1CCC(=NO)c2ccccc21. The van der Waals surface area contributed by atoms with Crippen molar-refractivity contribution in [2.75, 3.05) is 11.4 Å². The molecule has 1 heterocycles. The van der Waals surface area contributed by atoms with Gasteiger partial charge in [0.1, 0.15) is 0 Å². The molecule has 0 atom stereocenters. The van der Waals surface area contributed by atoms with Crippen LogP contribution in [0.2, 0.25) is 0 Å². The summed E-state index contributed by atoms with van der Waals surface area (Å²) in [6.07, 6.45) is 0.579. The normalized spacial score (nSPS) is 17.7. The minimum absolute atomic E-state index is 0.0898. The van der Waals surface area contributed by atoms with Gasteiger partial charge in [0.2, 0.25) is 5.91 Å². The number of nitrogens with zero attached hydrogens (tertiary/aromatic N) is 2. The molecule has 0 spiro atoms. The molecular weight excluding hydrogens is 228 g/mol. The minimum Gasteiger partial charge on any atom is -0.411 e. The van der Waals surface area contributed by atoms with Crippen LogP contribution < -0.4 is 4.90 Å². The van der Waals surface area contributed by atoms with Gasteiger partial charge in [-0.3, -0.25) is 4.79 Å². The smallest absolute Gasteiger partial charge is 0.232 e. The number of oxime groups is 1. The molecule has 18 heavy (non-hydrogen) atoms. The standard InChI is InChI=1S/C14H18N2O2/c1-14(2,3)13(17)16-9-8-11(15-18)10-6-4-5-7-12(10)16/h4-7,18H,8-9H2,1-3H3. The lowest BCUT2D eigenvalue weighted by molar-refractivity contribution is -0.125. The summed E-state index contributed by atoms with van der Waals surface area (Å²) in [7, 11) is 0. The lowest BCUT2D eigenvalue weighted by Crippen LogP contribution is -2.43. The van der Waals surface area contributed by atoms with Crippen LogP contribution in [0.3, 0.4) is 0 Å². The van der Waals surface area contributed by atoms with Crippen LogP contribution in [0.4, 0.5) is 5.69 Å². The maximum absolute atomic E-state index is 12.4. The van der Waals surface area contributed by atoms with Gasteiger partial charge in [-0.15, -0.1) is 0 Å². The van der Waals surface area contributed by atoms with Gasteiger partial charge >= 0.3 is 0 Å². The van der Waals surface area contributed by atoms with E-state index in [1.54, 1.807) is 4.90 Å². The van der Waals surface area contributed by atoms with E-state index in [0.29, 0.717) is 18.7 Å². The van der Waals surface area contributed by atoms with Crippen molar-refractivity contribution in [2.24, 2.45) is 10.6 Å². The molecule has 0 aliphatic carbocycles. The van der Waals surface area contributed by atoms with Gasteiger partial charge in [0, 0.05) is 23.9 Å². The van der Waals surface area contributed by atoms with Crippen LogP contribution in [0, 0.1) is 5.41 Å². The third-order valence-electron chi connectivity index (χ3n) is 3.09. The Kier molecular flexibility index (Phi) is 3.11. The summed E-state index contributed by atoms with van der Waals surface area (Å²) in [5.41, 5.74) is 1.89. The van der Waals surface area contributed by atoms with Gasteiger partial charge in [0.05, 0.1) is 11.4 Å². The number of rotatable bonds is 0. The molecule has 4 nitrogen and oxygen atoms in total. The second kappa shape index (κ2) is 4.44. The third kappa shape index (κ3) is 2.10. The Morgan fingerprint density at radius 1 is 1.33 bits per heavy atom. The molecule has 4 heteroatoms. The molecule has 0 saturated heterocycles. The Labute approximate surface area is 107 Å². The highest BCUT2D eigenvalue weighted by molar-refractivity contribution is 6.11. The van der Waals surface area contributed by atoms with Crippen molar-refractivity contribution in [1.82, 2.24) is 0 Å². The monoisotopic (exact) mass is 246 g/mol.